The molecule has 0 heterocycles. The van der Waals surface area contributed by atoms with Gasteiger partial charge in [0, 0.05) is 0 Å². The van der Waals surface area contributed by atoms with E-state index in [4.69, 9.17) is 5.73 Å². The van der Waals surface area contributed by atoms with Crippen molar-refractivity contribution in [2.24, 2.45) is 0 Å². The minimum atomic E-state index is -3.69. The van der Waals surface area contributed by atoms with Crippen LogP contribution in [0.15, 0.2) is 35.2 Å². The van der Waals surface area contributed by atoms with Crippen LogP contribution in [0.1, 0.15) is 22.3 Å². The van der Waals surface area contributed by atoms with Gasteiger partial charge in [0.2, 0.25) is 0 Å². The predicted octanol–water partition coefficient (Wildman–Crippen LogP) is 3.30. The van der Waals surface area contributed by atoms with Crippen molar-refractivity contribution in [3.8, 4) is 0 Å². The first-order valence-corrected chi connectivity index (χ1v) is 8.16. The van der Waals surface area contributed by atoms with Gasteiger partial charge in [-0.05, 0) is 62.6 Å². The van der Waals surface area contributed by atoms with Crippen molar-refractivity contribution in [1.29, 1.82) is 0 Å². The van der Waals surface area contributed by atoms with Crippen LogP contribution in [-0.4, -0.2) is 8.42 Å². The summed E-state index contributed by atoms with van der Waals surface area (Å²) in [6.45, 7) is 7.60. The molecule has 0 aromatic heterocycles. The van der Waals surface area contributed by atoms with E-state index in [1.165, 1.54) is 0 Å². The Kier molecular flexibility index (Phi) is 3.96. The molecular formula is C16H20N2O2S. The fraction of sp³-hybridized carbons (Fsp3) is 0.250. The van der Waals surface area contributed by atoms with Gasteiger partial charge in [0.1, 0.15) is 4.90 Å². The van der Waals surface area contributed by atoms with E-state index in [0.717, 1.165) is 22.3 Å². The molecule has 2 aromatic carbocycles. The lowest BCUT2D eigenvalue weighted by Gasteiger charge is -2.14. The summed E-state index contributed by atoms with van der Waals surface area (Å²) in [5.74, 6) is 0. The van der Waals surface area contributed by atoms with Crippen LogP contribution < -0.4 is 10.5 Å². The quantitative estimate of drug-likeness (QED) is 0.855. The molecule has 5 heteroatoms. The molecule has 21 heavy (non-hydrogen) atoms. The zero-order chi connectivity index (χ0) is 15.8. The molecule has 0 aliphatic heterocycles. The summed E-state index contributed by atoms with van der Waals surface area (Å²) in [5, 5.41) is 0. The van der Waals surface area contributed by atoms with E-state index in [-0.39, 0.29) is 10.6 Å². The molecule has 4 nitrogen and oxygen atoms in total. The molecule has 2 rings (SSSR count). The van der Waals surface area contributed by atoms with Crippen LogP contribution in [0.5, 0.6) is 0 Å². The van der Waals surface area contributed by atoms with E-state index in [1.54, 1.807) is 18.2 Å². The predicted molar refractivity (Wildman–Crippen MR) is 87.1 cm³/mol. The highest BCUT2D eigenvalue weighted by Crippen LogP contribution is 2.26. The van der Waals surface area contributed by atoms with Crippen molar-refractivity contribution < 1.29 is 8.42 Å². The highest BCUT2D eigenvalue weighted by atomic mass is 32.2. The highest BCUT2D eigenvalue weighted by Gasteiger charge is 2.19. The molecule has 0 unspecified atom stereocenters. The van der Waals surface area contributed by atoms with Gasteiger partial charge >= 0.3 is 0 Å². The Morgan fingerprint density at radius 1 is 0.905 bits per heavy atom. The minimum Gasteiger partial charge on any atom is -0.398 e. The number of nitrogen functional groups attached to an aromatic ring is 1. The van der Waals surface area contributed by atoms with Crippen molar-refractivity contribution in [1.82, 2.24) is 0 Å². The maximum absolute atomic E-state index is 12.5. The number of anilines is 2. The SMILES string of the molecule is Cc1ccc(NS(=O)(=O)c2cc(C)c(C)cc2N)c(C)c1. The second-order valence-electron chi connectivity index (χ2n) is 5.40. The molecular weight excluding hydrogens is 284 g/mol. The number of nitrogens with two attached hydrogens (primary N) is 1. The Balaban J connectivity index is 2.46. The molecule has 0 saturated carbocycles. The smallest absolute Gasteiger partial charge is 0.263 e. The number of sulfonamides is 1. The third kappa shape index (κ3) is 3.19. The van der Waals surface area contributed by atoms with E-state index in [2.05, 4.69) is 4.72 Å². The molecule has 3 N–H and O–H groups in total. The van der Waals surface area contributed by atoms with E-state index in [0.29, 0.717) is 5.69 Å². The van der Waals surface area contributed by atoms with Crippen molar-refractivity contribution >= 4 is 21.4 Å². The van der Waals surface area contributed by atoms with Crippen molar-refractivity contribution in [2.75, 3.05) is 10.5 Å². The molecule has 0 bridgehead atoms. The number of benzene rings is 2. The molecule has 112 valence electrons. The summed E-state index contributed by atoms with van der Waals surface area (Å²) < 4.78 is 27.7. The fourth-order valence-electron chi connectivity index (χ4n) is 2.17. The summed E-state index contributed by atoms with van der Waals surface area (Å²) in [6, 6.07) is 8.86. The van der Waals surface area contributed by atoms with Crippen LogP contribution in [-0.2, 0) is 10.0 Å². The first-order valence-electron chi connectivity index (χ1n) is 6.67. The third-order valence-corrected chi connectivity index (χ3v) is 4.96. The summed E-state index contributed by atoms with van der Waals surface area (Å²) in [7, 11) is -3.69. The Hall–Kier alpha value is -2.01. The lowest BCUT2D eigenvalue weighted by Crippen LogP contribution is -2.16. The monoisotopic (exact) mass is 304 g/mol. The highest BCUT2D eigenvalue weighted by molar-refractivity contribution is 7.92. The van der Waals surface area contributed by atoms with Crippen LogP contribution in [0.3, 0.4) is 0 Å². The van der Waals surface area contributed by atoms with Crippen molar-refractivity contribution in [2.45, 2.75) is 32.6 Å². The van der Waals surface area contributed by atoms with Crippen molar-refractivity contribution in [3.05, 3.63) is 52.6 Å². The first-order chi connectivity index (χ1) is 9.70. The van der Waals surface area contributed by atoms with E-state index >= 15 is 0 Å². The Labute approximate surface area is 126 Å². The molecule has 0 saturated heterocycles. The number of hydrogen-bond acceptors (Lipinski definition) is 3. The van der Waals surface area contributed by atoms with Gasteiger partial charge in [0.15, 0.2) is 0 Å². The molecule has 0 aliphatic rings. The average molecular weight is 304 g/mol. The van der Waals surface area contributed by atoms with Crippen LogP contribution in [0.2, 0.25) is 0 Å². The average Bonchev–Trinajstić information content (AvgIpc) is 2.37. The topological polar surface area (TPSA) is 72.2 Å². The first kappa shape index (κ1) is 15.4. The zero-order valence-electron chi connectivity index (χ0n) is 12.7. The number of rotatable bonds is 3. The lowest BCUT2D eigenvalue weighted by atomic mass is 10.1. The summed E-state index contributed by atoms with van der Waals surface area (Å²) in [5.41, 5.74) is 10.5. The second-order valence-corrected chi connectivity index (χ2v) is 7.05. The standard InChI is InChI=1S/C16H20N2O2S/c1-10-5-6-15(13(4)7-10)18-21(19,20)16-9-12(3)11(2)8-14(16)17/h5-9,18H,17H2,1-4H3. The molecule has 0 amide bonds. The summed E-state index contributed by atoms with van der Waals surface area (Å²) >= 11 is 0. The number of hydrogen-bond donors (Lipinski definition) is 2. The third-order valence-electron chi connectivity index (χ3n) is 3.54. The maximum Gasteiger partial charge on any atom is 0.263 e. The van der Waals surface area contributed by atoms with Crippen LogP contribution in [0.25, 0.3) is 0 Å². The molecule has 2 aromatic rings. The number of aryl methyl sites for hydroxylation is 4. The van der Waals surface area contributed by atoms with Gasteiger partial charge in [0.25, 0.3) is 10.0 Å². The molecule has 0 aliphatic carbocycles. The molecule has 0 fully saturated rings. The van der Waals surface area contributed by atoms with Gasteiger partial charge in [-0.25, -0.2) is 8.42 Å². The molecule has 0 atom stereocenters. The van der Waals surface area contributed by atoms with E-state index in [1.807, 2.05) is 39.8 Å². The molecule has 0 radical (unpaired) electrons. The van der Waals surface area contributed by atoms with Crippen LogP contribution in [0.4, 0.5) is 11.4 Å². The fourth-order valence-corrected chi connectivity index (χ4v) is 3.50. The number of nitrogens with one attached hydrogen (secondary N) is 1. The largest absolute Gasteiger partial charge is 0.398 e. The summed E-state index contributed by atoms with van der Waals surface area (Å²) in [4.78, 5) is 0.116. The Morgan fingerprint density at radius 3 is 2.14 bits per heavy atom. The lowest BCUT2D eigenvalue weighted by molar-refractivity contribution is 0.601. The van der Waals surface area contributed by atoms with Crippen LogP contribution in [0, 0.1) is 27.7 Å². The zero-order valence-corrected chi connectivity index (χ0v) is 13.5. The van der Waals surface area contributed by atoms with Gasteiger partial charge in [0.05, 0.1) is 11.4 Å². The Morgan fingerprint density at radius 2 is 1.52 bits per heavy atom. The van der Waals surface area contributed by atoms with Crippen molar-refractivity contribution in [3.63, 3.8) is 0 Å². The molecule has 0 spiro atoms. The van der Waals surface area contributed by atoms with Gasteiger partial charge < -0.3 is 5.73 Å². The Bertz CT molecular complexity index is 796. The van der Waals surface area contributed by atoms with Gasteiger partial charge in [-0.2, -0.15) is 0 Å². The minimum absolute atomic E-state index is 0.116. The van der Waals surface area contributed by atoms with Gasteiger partial charge in [-0.1, -0.05) is 17.7 Å². The normalized spacial score (nSPS) is 11.4. The van der Waals surface area contributed by atoms with Gasteiger partial charge in [-0.3, -0.25) is 4.72 Å². The second kappa shape index (κ2) is 5.41. The van der Waals surface area contributed by atoms with E-state index in [9.17, 15) is 8.42 Å². The maximum atomic E-state index is 12.5. The van der Waals surface area contributed by atoms with E-state index < -0.39 is 10.0 Å². The summed E-state index contributed by atoms with van der Waals surface area (Å²) in [6.07, 6.45) is 0. The van der Waals surface area contributed by atoms with Gasteiger partial charge in [-0.15, -0.1) is 0 Å². The van der Waals surface area contributed by atoms with Crippen LogP contribution >= 0.6 is 0 Å².